The molecule has 2 saturated heterocycles. The Bertz CT molecular complexity index is 605. The lowest BCUT2D eigenvalue weighted by Crippen LogP contribution is -2.50. The van der Waals surface area contributed by atoms with Gasteiger partial charge in [0.15, 0.2) is 0 Å². The van der Waals surface area contributed by atoms with Gasteiger partial charge in [0.05, 0.1) is 6.04 Å². The van der Waals surface area contributed by atoms with Gasteiger partial charge in [-0.05, 0) is 51.3 Å². The van der Waals surface area contributed by atoms with Crippen LogP contribution in [-0.4, -0.2) is 65.8 Å². The van der Waals surface area contributed by atoms with Crippen LogP contribution in [0.5, 0.6) is 0 Å². The van der Waals surface area contributed by atoms with Gasteiger partial charge in [-0.1, -0.05) is 30.3 Å². The molecule has 0 aromatic heterocycles. The number of hydrogen-bond donors (Lipinski definition) is 0. The summed E-state index contributed by atoms with van der Waals surface area (Å²) < 4.78 is 0. The van der Waals surface area contributed by atoms with Gasteiger partial charge in [-0.25, -0.2) is 0 Å². The monoisotopic (exact) mass is 357 g/mol. The van der Waals surface area contributed by atoms with Gasteiger partial charge in [0.1, 0.15) is 0 Å². The lowest BCUT2D eigenvalue weighted by molar-refractivity contribution is -0.138. The van der Waals surface area contributed by atoms with E-state index in [1.54, 1.807) is 0 Å². The van der Waals surface area contributed by atoms with E-state index in [9.17, 15) is 9.59 Å². The molecule has 2 amide bonds. The highest BCUT2D eigenvalue weighted by atomic mass is 16.2. The second-order valence-electron chi connectivity index (χ2n) is 7.70. The number of hydrogen-bond acceptors (Lipinski definition) is 3. The van der Waals surface area contributed by atoms with Crippen molar-refractivity contribution in [2.45, 2.75) is 45.2 Å². The second kappa shape index (κ2) is 8.67. The Morgan fingerprint density at radius 3 is 2.31 bits per heavy atom. The van der Waals surface area contributed by atoms with Crippen LogP contribution in [0.3, 0.4) is 0 Å². The zero-order chi connectivity index (χ0) is 18.5. The average molecular weight is 357 g/mol. The van der Waals surface area contributed by atoms with Crippen LogP contribution in [0.4, 0.5) is 0 Å². The largest absolute Gasteiger partial charge is 0.342 e. The minimum absolute atomic E-state index is 0.133. The van der Waals surface area contributed by atoms with E-state index in [1.807, 2.05) is 54.1 Å². The summed E-state index contributed by atoms with van der Waals surface area (Å²) in [4.78, 5) is 31.4. The van der Waals surface area contributed by atoms with Crippen LogP contribution in [-0.2, 0) is 16.1 Å². The van der Waals surface area contributed by atoms with Crippen LogP contribution < -0.4 is 0 Å². The minimum atomic E-state index is -0.133. The first kappa shape index (κ1) is 18.9. The molecule has 2 aliphatic rings. The topological polar surface area (TPSA) is 43.9 Å². The van der Waals surface area contributed by atoms with Gasteiger partial charge in [0.25, 0.3) is 0 Å². The van der Waals surface area contributed by atoms with E-state index in [1.165, 1.54) is 0 Å². The van der Waals surface area contributed by atoms with Crippen molar-refractivity contribution in [3.63, 3.8) is 0 Å². The van der Waals surface area contributed by atoms with Crippen LogP contribution in [0.15, 0.2) is 30.3 Å². The molecular formula is C21H31N3O2. The maximum atomic E-state index is 12.8. The summed E-state index contributed by atoms with van der Waals surface area (Å²) in [6.07, 6.45) is 4.03. The fourth-order valence-electron chi connectivity index (χ4n) is 4.14. The minimum Gasteiger partial charge on any atom is -0.342 e. The molecular weight excluding hydrogens is 326 g/mol. The summed E-state index contributed by atoms with van der Waals surface area (Å²) in [7, 11) is 1.87. The van der Waals surface area contributed by atoms with Crippen molar-refractivity contribution in [1.82, 2.24) is 14.7 Å². The van der Waals surface area contributed by atoms with Gasteiger partial charge in [0.2, 0.25) is 11.8 Å². The van der Waals surface area contributed by atoms with Crippen LogP contribution in [0.1, 0.15) is 38.2 Å². The molecule has 2 aliphatic heterocycles. The van der Waals surface area contributed by atoms with Crippen molar-refractivity contribution in [3.8, 4) is 0 Å². The molecule has 0 spiro atoms. The molecule has 3 rings (SSSR count). The van der Waals surface area contributed by atoms with E-state index in [0.29, 0.717) is 12.5 Å². The predicted octanol–water partition coefficient (Wildman–Crippen LogP) is 2.37. The standard InChI is InChI=1S/C21H31N3O2/c1-17(20(25)22(2)16-18-8-4-3-5-9-18)23-14-10-19(11-15-23)21(26)24-12-6-7-13-24/h3-5,8-9,17,19H,6-7,10-16H2,1-2H3. The van der Waals surface area contributed by atoms with Gasteiger partial charge >= 0.3 is 0 Å². The average Bonchev–Trinajstić information content (AvgIpc) is 3.22. The number of carbonyl (C=O) groups excluding carboxylic acids is 2. The Balaban J connectivity index is 1.48. The Morgan fingerprint density at radius 2 is 1.69 bits per heavy atom. The third-order valence-electron chi connectivity index (χ3n) is 5.84. The van der Waals surface area contributed by atoms with Crippen molar-refractivity contribution in [3.05, 3.63) is 35.9 Å². The Morgan fingerprint density at radius 1 is 1.08 bits per heavy atom. The number of piperidine rings is 1. The molecule has 0 aliphatic carbocycles. The van der Waals surface area contributed by atoms with Gasteiger partial charge in [-0.3, -0.25) is 14.5 Å². The van der Waals surface area contributed by atoms with Crippen LogP contribution in [0.2, 0.25) is 0 Å². The lowest BCUT2D eigenvalue weighted by Gasteiger charge is -2.37. The molecule has 0 bridgehead atoms. The molecule has 0 radical (unpaired) electrons. The molecule has 1 atom stereocenters. The van der Waals surface area contributed by atoms with E-state index in [0.717, 1.165) is 57.4 Å². The van der Waals surface area contributed by atoms with Crippen LogP contribution in [0.25, 0.3) is 0 Å². The highest BCUT2D eigenvalue weighted by Gasteiger charge is 2.33. The van der Waals surface area contributed by atoms with E-state index < -0.39 is 0 Å². The summed E-state index contributed by atoms with van der Waals surface area (Å²) in [6, 6.07) is 9.94. The maximum absolute atomic E-state index is 12.8. The second-order valence-corrected chi connectivity index (χ2v) is 7.70. The predicted molar refractivity (Wildman–Crippen MR) is 102 cm³/mol. The van der Waals surface area contributed by atoms with Gasteiger partial charge < -0.3 is 9.80 Å². The van der Waals surface area contributed by atoms with Crippen molar-refractivity contribution in [1.29, 1.82) is 0 Å². The fourth-order valence-corrected chi connectivity index (χ4v) is 4.14. The zero-order valence-corrected chi connectivity index (χ0v) is 16.1. The summed E-state index contributed by atoms with van der Waals surface area (Å²) in [5.74, 6) is 0.634. The smallest absolute Gasteiger partial charge is 0.239 e. The Hall–Kier alpha value is -1.88. The SMILES string of the molecule is CC(C(=O)N(C)Cc1ccccc1)N1CCC(C(=O)N2CCCC2)CC1. The first-order valence-corrected chi connectivity index (χ1v) is 9.88. The number of carbonyl (C=O) groups is 2. The summed E-state index contributed by atoms with van der Waals surface area (Å²) in [5, 5.41) is 0. The molecule has 0 N–H and O–H groups in total. The van der Waals surface area contributed by atoms with Gasteiger partial charge in [-0.15, -0.1) is 0 Å². The van der Waals surface area contributed by atoms with Crippen LogP contribution >= 0.6 is 0 Å². The zero-order valence-electron chi connectivity index (χ0n) is 16.1. The van der Waals surface area contributed by atoms with Crippen molar-refractivity contribution >= 4 is 11.8 Å². The Labute approximate surface area is 156 Å². The summed E-state index contributed by atoms with van der Waals surface area (Å²) >= 11 is 0. The van der Waals surface area contributed by atoms with E-state index in [-0.39, 0.29) is 17.9 Å². The van der Waals surface area contributed by atoms with Gasteiger partial charge in [-0.2, -0.15) is 0 Å². The molecule has 1 aromatic carbocycles. The van der Waals surface area contributed by atoms with Crippen molar-refractivity contribution in [2.75, 3.05) is 33.2 Å². The Kier molecular flexibility index (Phi) is 6.30. The number of amides is 2. The normalized spacial score (nSPS) is 20.2. The number of likely N-dealkylation sites (tertiary alicyclic amines) is 2. The summed E-state index contributed by atoms with van der Waals surface area (Å²) in [5.41, 5.74) is 1.14. The molecule has 5 nitrogen and oxygen atoms in total. The quantitative estimate of drug-likeness (QED) is 0.813. The number of benzene rings is 1. The lowest BCUT2D eigenvalue weighted by atomic mass is 9.94. The molecule has 26 heavy (non-hydrogen) atoms. The number of rotatable bonds is 5. The molecule has 1 aromatic rings. The van der Waals surface area contributed by atoms with Crippen LogP contribution in [0, 0.1) is 5.92 Å². The molecule has 0 saturated carbocycles. The molecule has 1 unspecified atom stereocenters. The fraction of sp³-hybridized carbons (Fsp3) is 0.619. The third kappa shape index (κ3) is 4.44. The molecule has 2 fully saturated rings. The van der Waals surface area contributed by atoms with E-state index in [4.69, 9.17) is 0 Å². The van der Waals surface area contributed by atoms with E-state index in [2.05, 4.69) is 4.90 Å². The van der Waals surface area contributed by atoms with Gasteiger partial charge in [0, 0.05) is 32.6 Å². The first-order chi connectivity index (χ1) is 12.6. The van der Waals surface area contributed by atoms with Crippen molar-refractivity contribution < 1.29 is 9.59 Å². The molecule has 5 heteroatoms. The third-order valence-corrected chi connectivity index (χ3v) is 5.84. The first-order valence-electron chi connectivity index (χ1n) is 9.88. The van der Waals surface area contributed by atoms with Crippen molar-refractivity contribution in [2.24, 2.45) is 5.92 Å². The molecule has 2 heterocycles. The highest BCUT2D eigenvalue weighted by molar-refractivity contribution is 5.81. The molecule has 142 valence electrons. The van der Waals surface area contributed by atoms with E-state index >= 15 is 0 Å². The summed E-state index contributed by atoms with van der Waals surface area (Å²) in [6.45, 7) is 6.14. The number of nitrogens with zero attached hydrogens (tertiary/aromatic N) is 3. The highest BCUT2D eigenvalue weighted by Crippen LogP contribution is 2.23. The maximum Gasteiger partial charge on any atom is 0.239 e. The number of likely N-dealkylation sites (N-methyl/N-ethyl adjacent to an activating group) is 1.